The number of nitrogens with one attached hydrogen (secondary N) is 1. The molecule has 0 unspecified atom stereocenters. The summed E-state index contributed by atoms with van der Waals surface area (Å²) in [6.45, 7) is 3.63. The number of hydrogen-bond donors (Lipinski definition) is 1. The van der Waals surface area contributed by atoms with Gasteiger partial charge >= 0.3 is 0 Å². The molecule has 2 aromatic heterocycles. The van der Waals surface area contributed by atoms with Crippen LogP contribution in [0.25, 0.3) is 10.2 Å². The molecular weight excluding hydrogens is 327 g/mol. The molecule has 3 aromatic rings. The van der Waals surface area contributed by atoms with Gasteiger partial charge in [0.2, 0.25) is 5.95 Å². The first-order valence-electron chi connectivity index (χ1n) is 7.90. The lowest BCUT2D eigenvalue weighted by atomic mass is 10.2. The molecule has 0 bridgehead atoms. The van der Waals surface area contributed by atoms with Gasteiger partial charge in [0.15, 0.2) is 0 Å². The lowest BCUT2D eigenvalue weighted by Gasteiger charge is -2.30. The monoisotopic (exact) mass is 344 g/mol. The molecule has 1 fully saturated rings. The van der Waals surface area contributed by atoms with Crippen LogP contribution in [0.2, 0.25) is 0 Å². The van der Waals surface area contributed by atoms with Crippen LogP contribution < -0.4 is 15.8 Å². The highest BCUT2D eigenvalue weighted by molar-refractivity contribution is 7.17. The maximum Gasteiger partial charge on any atom is 0.273 e. The molecule has 0 radical (unpaired) electrons. The van der Waals surface area contributed by atoms with Gasteiger partial charge in [0.1, 0.15) is 10.5 Å². The SMILES string of the molecule is O=c1c2sccc2nc(N2CCNCC2)n1Cc1cccc(F)c1. The molecule has 3 heterocycles. The van der Waals surface area contributed by atoms with Gasteiger partial charge < -0.3 is 10.2 Å². The van der Waals surface area contributed by atoms with E-state index in [2.05, 4.69) is 10.2 Å². The molecule has 124 valence electrons. The summed E-state index contributed by atoms with van der Waals surface area (Å²) in [7, 11) is 0. The second kappa shape index (κ2) is 6.33. The Morgan fingerprint density at radius 3 is 2.88 bits per heavy atom. The van der Waals surface area contributed by atoms with E-state index in [1.807, 2.05) is 17.5 Å². The normalized spacial score (nSPS) is 15.1. The summed E-state index contributed by atoms with van der Waals surface area (Å²) in [4.78, 5) is 19.8. The van der Waals surface area contributed by atoms with Crippen LogP contribution in [0.3, 0.4) is 0 Å². The zero-order chi connectivity index (χ0) is 16.5. The molecule has 0 amide bonds. The van der Waals surface area contributed by atoms with Crippen LogP contribution >= 0.6 is 11.3 Å². The van der Waals surface area contributed by atoms with E-state index in [1.165, 1.54) is 23.5 Å². The molecule has 1 aromatic carbocycles. The fraction of sp³-hybridized carbons (Fsp3) is 0.294. The first-order valence-corrected chi connectivity index (χ1v) is 8.78. The third-order valence-corrected chi connectivity index (χ3v) is 5.07. The molecule has 0 spiro atoms. The van der Waals surface area contributed by atoms with Gasteiger partial charge in [-0.2, -0.15) is 0 Å². The summed E-state index contributed by atoms with van der Waals surface area (Å²) in [6.07, 6.45) is 0. The van der Waals surface area contributed by atoms with Crippen molar-refractivity contribution < 1.29 is 4.39 Å². The molecular formula is C17H17FN4OS. The van der Waals surface area contributed by atoms with Gasteiger partial charge in [-0.3, -0.25) is 9.36 Å². The highest BCUT2D eigenvalue weighted by Gasteiger charge is 2.19. The standard InChI is InChI=1S/C17H17FN4OS/c18-13-3-1-2-12(10-13)11-22-16(23)15-14(4-9-24-15)20-17(22)21-7-5-19-6-8-21/h1-4,9-10,19H,5-8,11H2. The Balaban J connectivity index is 1.84. The van der Waals surface area contributed by atoms with E-state index in [1.54, 1.807) is 10.6 Å². The summed E-state index contributed by atoms with van der Waals surface area (Å²) < 4.78 is 15.8. The van der Waals surface area contributed by atoms with Crippen molar-refractivity contribution in [1.82, 2.24) is 14.9 Å². The van der Waals surface area contributed by atoms with E-state index in [-0.39, 0.29) is 11.4 Å². The summed E-state index contributed by atoms with van der Waals surface area (Å²) >= 11 is 1.40. The van der Waals surface area contributed by atoms with Gasteiger partial charge in [-0.05, 0) is 29.1 Å². The Kier molecular flexibility index (Phi) is 4.03. The van der Waals surface area contributed by atoms with Crippen molar-refractivity contribution in [3.8, 4) is 0 Å². The second-order valence-corrected chi connectivity index (χ2v) is 6.72. The molecule has 1 aliphatic heterocycles. The van der Waals surface area contributed by atoms with Crippen LogP contribution in [0.15, 0.2) is 40.5 Å². The number of hydrogen-bond acceptors (Lipinski definition) is 5. The number of piperazine rings is 1. The van der Waals surface area contributed by atoms with E-state index >= 15 is 0 Å². The Hall–Kier alpha value is -2.25. The van der Waals surface area contributed by atoms with Crippen molar-refractivity contribution in [1.29, 1.82) is 0 Å². The molecule has 1 saturated heterocycles. The van der Waals surface area contributed by atoms with E-state index in [0.717, 1.165) is 37.3 Å². The Morgan fingerprint density at radius 1 is 1.25 bits per heavy atom. The van der Waals surface area contributed by atoms with E-state index in [0.29, 0.717) is 17.2 Å². The maximum atomic E-state index is 13.5. The van der Waals surface area contributed by atoms with Crippen LogP contribution in [0.1, 0.15) is 5.56 Å². The zero-order valence-corrected chi connectivity index (χ0v) is 13.9. The summed E-state index contributed by atoms with van der Waals surface area (Å²) in [5.74, 6) is 0.367. The first-order chi connectivity index (χ1) is 11.7. The third-order valence-electron chi connectivity index (χ3n) is 4.18. The number of nitrogens with zero attached hydrogens (tertiary/aromatic N) is 3. The lowest BCUT2D eigenvalue weighted by molar-refractivity contribution is 0.563. The van der Waals surface area contributed by atoms with E-state index in [9.17, 15) is 9.18 Å². The summed E-state index contributed by atoms with van der Waals surface area (Å²) in [5, 5.41) is 5.19. The Morgan fingerprint density at radius 2 is 2.08 bits per heavy atom. The predicted molar refractivity (Wildman–Crippen MR) is 94.5 cm³/mol. The largest absolute Gasteiger partial charge is 0.340 e. The van der Waals surface area contributed by atoms with Crippen molar-refractivity contribution in [2.75, 3.05) is 31.1 Å². The molecule has 1 N–H and O–H groups in total. The lowest BCUT2D eigenvalue weighted by Crippen LogP contribution is -2.46. The van der Waals surface area contributed by atoms with Crippen LogP contribution in [0, 0.1) is 5.82 Å². The quantitative estimate of drug-likeness (QED) is 0.790. The molecule has 5 nitrogen and oxygen atoms in total. The highest BCUT2D eigenvalue weighted by atomic mass is 32.1. The van der Waals surface area contributed by atoms with Crippen molar-refractivity contribution >= 4 is 27.5 Å². The third kappa shape index (κ3) is 2.81. The van der Waals surface area contributed by atoms with Gasteiger partial charge in [0.25, 0.3) is 5.56 Å². The van der Waals surface area contributed by atoms with Gasteiger partial charge in [-0.1, -0.05) is 12.1 Å². The minimum atomic E-state index is -0.297. The smallest absolute Gasteiger partial charge is 0.273 e. The predicted octanol–water partition coefficient (Wildman–Crippen LogP) is 2.05. The Bertz CT molecular complexity index is 930. The molecule has 1 aliphatic rings. The van der Waals surface area contributed by atoms with Gasteiger partial charge in [-0.25, -0.2) is 9.37 Å². The van der Waals surface area contributed by atoms with E-state index < -0.39 is 0 Å². The number of anilines is 1. The number of thiophene rings is 1. The van der Waals surface area contributed by atoms with Crippen LogP contribution in [0.5, 0.6) is 0 Å². The molecule has 7 heteroatoms. The van der Waals surface area contributed by atoms with Gasteiger partial charge in [-0.15, -0.1) is 11.3 Å². The second-order valence-electron chi connectivity index (χ2n) is 5.81. The molecule has 4 rings (SSSR count). The van der Waals surface area contributed by atoms with Crippen molar-refractivity contribution in [2.24, 2.45) is 0 Å². The summed E-state index contributed by atoms with van der Waals surface area (Å²) in [5.41, 5.74) is 1.42. The number of rotatable bonds is 3. The molecule has 24 heavy (non-hydrogen) atoms. The van der Waals surface area contributed by atoms with Gasteiger partial charge in [0, 0.05) is 26.2 Å². The van der Waals surface area contributed by atoms with Crippen molar-refractivity contribution in [3.63, 3.8) is 0 Å². The average Bonchev–Trinajstić information content (AvgIpc) is 3.07. The number of aromatic nitrogens is 2. The first kappa shape index (κ1) is 15.3. The van der Waals surface area contributed by atoms with Crippen LogP contribution in [-0.4, -0.2) is 35.7 Å². The van der Waals surface area contributed by atoms with Crippen molar-refractivity contribution in [3.05, 3.63) is 57.4 Å². The minimum Gasteiger partial charge on any atom is -0.340 e. The molecule has 0 saturated carbocycles. The Labute approximate surface area is 142 Å². The fourth-order valence-corrected chi connectivity index (χ4v) is 3.78. The van der Waals surface area contributed by atoms with Crippen molar-refractivity contribution in [2.45, 2.75) is 6.54 Å². The topological polar surface area (TPSA) is 50.2 Å². The van der Waals surface area contributed by atoms with Crippen LogP contribution in [-0.2, 0) is 6.54 Å². The number of benzene rings is 1. The fourth-order valence-electron chi connectivity index (χ4n) is 3.00. The highest BCUT2D eigenvalue weighted by Crippen LogP contribution is 2.20. The molecule has 0 atom stereocenters. The molecule has 0 aliphatic carbocycles. The zero-order valence-electron chi connectivity index (χ0n) is 13.0. The number of halogens is 1. The van der Waals surface area contributed by atoms with Gasteiger partial charge in [0.05, 0.1) is 12.1 Å². The average molecular weight is 344 g/mol. The van der Waals surface area contributed by atoms with Crippen LogP contribution in [0.4, 0.5) is 10.3 Å². The maximum absolute atomic E-state index is 13.5. The minimum absolute atomic E-state index is 0.0622. The van der Waals surface area contributed by atoms with E-state index in [4.69, 9.17) is 4.98 Å². The summed E-state index contributed by atoms with van der Waals surface area (Å²) in [6, 6.07) is 8.24. The number of fused-ring (bicyclic) bond motifs is 1.